The zero-order valence-electron chi connectivity index (χ0n) is 13.2. The molecule has 0 spiro atoms. The summed E-state index contributed by atoms with van der Waals surface area (Å²) in [5.74, 6) is 1.06. The molecule has 0 aliphatic carbocycles. The second-order valence-electron chi connectivity index (χ2n) is 5.05. The van der Waals surface area contributed by atoms with E-state index in [0.717, 1.165) is 17.7 Å². The molecule has 0 saturated heterocycles. The number of aromatic hydroxyl groups is 1. The fourth-order valence-electron chi connectivity index (χ4n) is 1.74. The first-order chi connectivity index (χ1) is 9.87. The molecule has 0 bridgehead atoms. The number of aliphatic imine (C=N–C) groups is 1. The Hall–Kier alpha value is -0.0469. The summed E-state index contributed by atoms with van der Waals surface area (Å²) >= 11 is -0.826. The zero-order chi connectivity index (χ0) is 16.5. The SMILES string of the molecule is CCN=Cc1cc(OC)cc(C(C)(C)CC)c1O.[Cl][Zr][Cl]. The number of ether oxygens (including phenoxy) is 1. The number of methoxy groups -OCH3 is 1. The van der Waals surface area contributed by atoms with Gasteiger partial charge in [-0.2, -0.15) is 0 Å². The number of nitrogens with zero attached hydrogens (tertiary/aromatic N) is 1. The van der Waals surface area contributed by atoms with Crippen molar-refractivity contribution >= 4 is 23.2 Å². The molecule has 0 atom stereocenters. The third-order valence-corrected chi connectivity index (χ3v) is 3.37. The summed E-state index contributed by atoms with van der Waals surface area (Å²) < 4.78 is 5.30. The molecule has 1 aromatic carbocycles. The first-order valence-corrected chi connectivity index (χ1v) is 13.1. The summed E-state index contributed by atoms with van der Waals surface area (Å²) in [4.78, 5) is 4.19. The van der Waals surface area contributed by atoms with E-state index >= 15 is 0 Å². The van der Waals surface area contributed by atoms with Gasteiger partial charge in [-0.15, -0.1) is 0 Å². The van der Waals surface area contributed by atoms with E-state index in [1.165, 1.54) is 0 Å². The number of hydrogen-bond acceptors (Lipinski definition) is 3. The minimum atomic E-state index is -0.826. The van der Waals surface area contributed by atoms with Crippen LogP contribution >= 0.6 is 17.0 Å². The molecule has 0 fully saturated rings. The van der Waals surface area contributed by atoms with E-state index in [2.05, 4.69) is 25.8 Å². The summed E-state index contributed by atoms with van der Waals surface area (Å²) in [6.07, 6.45) is 2.64. The molecular weight excluding hydrogens is 388 g/mol. The van der Waals surface area contributed by atoms with Crippen LogP contribution in [-0.2, 0) is 26.3 Å². The predicted octanol–water partition coefficient (Wildman–Crippen LogP) is 4.90. The van der Waals surface area contributed by atoms with Gasteiger partial charge in [-0.1, -0.05) is 20.8 Å². The molecule has 0 radical (unpaired) electrons. The van der Waals surface area contributed by atoms with Crippen molar-refractivity contribution in [1.82, 2.24) is 0 Å². The molecule has 0 saturated carbocycles. The van der Waals surface area contributed by atoms with Gasteiger partial charge in [0.05, 0.1) is 7.11 Å². The van der Waals surface area contributed by atoms with E-state index in [1.54, 1.807) is 13.3 Å². The van der Waals surface area contributed by atoms with Crippen molar-refractivity contribution < 1.29 is 30.7 Å². The van der Waals surface area contributed by atoms with Gasteiger partial charge in [0.15, 0.2) is 0 Å². The van der Waals surface area contributed by atoms with Crippen LogP contribution in [0.3, 0.4) is 0 Å². The third kappa shape index (κ3) is 6.71. The van der Waals surface area contributed by atoms with Gasteiger partial charge in [-0.3, -0.25) is 4.99 Å². The van der Waals surface area contributed by atoms with Crippen LogP contribution < -0.4 is 4.74 Å². The van der Waals surface area contributed by atoms with E-state index in [0.29, 0.717) is 17.9 Å². The van der Waals surface area contributed by atoms with Gasteiger partial charge < -0.3 is 9.84 Å². The fourth-order valence-corrected chi connectivity index (χ4v) is 1.74. The monoisotopic (exact) mass is 409 g/mol. The van der Waals surface area contributed by atoms with Crippen LogP contribution in [0.5, 0.6) is 11.5 Å². The summed E-state index contributed by atoms with van der Waals surface area (Å²) in [7, 11) is 11.5. The van der Waals surface area contributed by atoms with Gasteiger partial charge in [0.1, 0.15) is 11.5 Å². The van der Waals surface area contributed by atoms with Crippen LogP contribution in [0.25, 0.3) is 0 Å². The Morgan fingerprint density at radius 3 is 2.33 bits per heavy atom. The van der Waals surface area contributed by atoms with Crippen molar-refractivity contribution in [2.45, 2.75) is 39.5 Å². The summed E-state index contributed by atoms with van der Waals surface area (Å²) in [5, 5.41) is 10.4. The Morgan fingerprint density at radius 2 is 1.90 bits per heavy atom. The van der Waals surface area contributed by atoms with Crippen LogP contribution in [0, 0.1) is 0 Å². The first kappa shape index (κ1) is 21.0. The summed E-state index contributed by atoms with van der Waals surface area (Å²) in [6.45, 7) is 9.00. The third-order valence-electron chi connectivity index (χ3n) is 3.37. The second kappa shape index (κ2) is 10.6. The Kier molecular flexibility index (Phi) is 10.6. The van der Waals surface area contributed by atoms with Crippen molar-refractivity contribution in [3.05, 3.63) is 23.3 Å². The number of halogens is 2. The van der Waals surface area contributed by atoms with Crippen molar-refractivity contribution in [2.24, 2.45) is 4.99 Å². The standard InChI is InChI=1S/C15H23NO2.2ClH.Zr/c1-6-15(3,4)13-9-12(18-5)8-11(14(13)17)10-16-7-2;;;/h8-10,17H,6-7H2,1-5H3;2*1H;/q;;;+2/p-2. The number of phenolic OH excluding ortho intramolecular Hbond substituents is 1. The predicted molar refractivity (Wildman–Crippen MR) is 87.8 cm³/mol. The van der Waals surface area contributed by atoms with Crippen LogP contribution in [0.15, 0.2) is 17.1 Å². The Bertz CT molecular complexity index is 465. The molecule has 0 heterocycles. The van der Waals surface area contributed by atoms with Gasteiger partial charge in [0.2, 0.25) is 0 Å². The molecule has 0 aromatic heterocycles. The maximum atomic E-state index is 10.4. The van der Waals surface area contributed by atoms with E-state index in [-0.39, 0.29) is 5.41 Å². The summed E-state index contributed by atoms with van der Waals surface area (Å²) in [6, 6.07) is 3.71. The maximum absolute atomic E-state index is 10.4. The number of rotatable bonds is 5. The Balaban J connectivity index is 0.00000122. The normalized spacial score (nSPS) is 11.0. The number of hydrogen-bond donors (Lipinski definition) is 1. The molecule has 0 aliphatic rings. The average molecular weight is 411 g/mol. The molecule has 0 aliphatic heterocycles. The van der Waals surface area contributed by atoms with Crippen molar-refractivity contribution in [3.8, 4) is 11.5 Å². The second-order valence-corrected chi connectivity index (χ2v) is 8.78. The van der Waals surface area contributed by atoms with E-state index in [9.17, 15) is 5.11 Å². The van der Waals surface area contributed by atoms with Crippen LogP contribution in [0.1, 0.15) is 45.2 Å². The van der Waals surface area contributed by atoms with Crippen LogP contribution in [-0.4, -0.2) is 25.0 Å². The molecule has 3 nitrogen and oxygen atoms in total. The first-order valence-electron chi connectivity index (χ1n) is 6.75. The molecule has 6 heteroatoms. The fraction of sp³-hybridized carbons (Fsp3) is 0.533. The molecule has 0 unspecified atom stereocenters. The average Bonchev–Trinajstić information content (AvgIpc) is 2.46. The number of benzene rings is 1. The van der Waals surface area contributed by atoms with Gasteiger partial charge >= 0.3 is 37.9 Å². The van der Waals surface area contributed by atoms with Gasteiger partial charge in [-0.05, 0) is 30.9 Å². The molecular formula is C15H23Cl2NO2Zr. The van der Waals surface area contributed by atoms with Crippen molar-refractivity contribution in [3.63, 3.8) is 0 Å². The van der Waals surface area contributed by atoms with E-state index in [1.807, 2.05) is 19.1 Å². The molecule has 0 amide bonds. The minimum absolute atomic E-state index is 0.0899. The Labute approximate surface area is 146 Å². The van der Waals surface area contributed by atoms with Gasteiger partial charge in [0.25, 0.3) is 0 Å². The van der Waals surface area contributed by atoms with Crippen molar-refractivity contribution in [2.75, 3.05) is 13.7 Å². The zero-order valence-corrected chi connectivity index (χ0v) is 17.2. The van der Waals surface area contributed by atoms with E-state index < -0.39 is 20.8 Å². The molecule has 21 heavy (non-hydrogen) atoms. The topological polar surface area (TPSA) is 41.8 Å². The summed E-state index contributed by atoms with van der Waals surface area (Å²) in [5.41, 5.74) is 1.53. The number of phenols is 1. The van der Waals surface area contributed by atoms with Crippen molar-refractivity contribution in [1.29, 1.82) is 0 Å². The molecule has 1 aromatic rings. The van der Waals surface area contributed by atoms with E-state index in [4.69, 9.17) is 21.8 Å². The molecule has 1 N–H and O–H groups in total. The van der Waals surface area contributed by atoms with Crippen LogP contribution in [0.4, 0.5) is 0 Å². The van der Waals surface area contributed by atoms with Gasteiger partial charge in [-0.25, -0.2) is 0 Å². The van der Waals surface area contributed by atoms with Crippen LogP contribution in [0.2, 0.25) is 0 Å². The molecule has 118 valence electrons. The van der Waals surface area contributed by atoms with Gasteiger partial charge in [0, 0.05) is 23.9 Å². The Morgan fingerprint density at radius 1 is 1.33 bits per heavy atom. The molecule has 1 rings (SSSR count). The quantitative estimate of drug-likeness (QED) is 0.700.